The van der Waals surface area contributed by atoms with E-state index in [1.807, 2.05) is 6.92 Å². The van der Waals surface area contributed by atoms with Crippen molar-refractivity contribution in [2.75, 3.05) is 13.1 Å². The monoisotopic (exact) mass is 271 g/mol. The molecule has 2 heterocycles. The van der Waals surface area contributed by atoms with Gasteiger partial charge in [-0.3, -0.25) is 4.79 Å². The highest BCUT2D eigenvalue weighted by Gasteiger charge is 2.37. The number of nitrogens with one attached hydrogen (secondary N) is 1. The van der Waals surface area contributed by atoms with Crippen molar-refractivity contribution in [2.45, 2.75) is 19.8 Å². The smallest absolute Gasteiger partial charge is 0.206 e. The maximum Gasteiger partial charge on any atom is 0.206 e. The fourth-order valence-corrected chi connectivity index (χ4v) is 2.36. The van der Waals surface area contributed by atoms with E-state index >= 15 is 0 Å². The maximum absolute atomic E-state index is 12.2. The molecule has 0 saturated carbocycles. The molecule has 0 spiro atoms. The number of halogens is 1. The van der Waals surface area contributed by atoms with Crippen LogP contribution in [0.5, 0.6) is 0 Å². The van der Waals surface area contributed by atoms with Crippen LogP contribution in [-0.2, 0) is 0 Å². The van der Waals surface area contributed by atoms with Crippen molar-refractivity contribution < 1.29 is 9.21 Å². The van der Waals surface area contributed by atoms with E-state index in [1.54, 1.807) is 6.07 Å². The van der Waals surface area contributed by atoms with Gasteiger partial charge in [-0.05, 0) is 41.4 Å². The van der Waals surface area contributed by atoms with E-state index in [9.17, 15) is 4.79 Å². The van der Waals surface area contributed by atoms with Gasteiger partial charge >= 0.3 is 0 Å². The summed E-state index contributed by atoms with van der Waals surface area (Å²) >= 11 is 3.32. The van der Waals surface area contributed by atoms with Crippen molar-refractivity contribution in [1.82, 2.24) is 5.32 Å². The van der Waals surface area contributed by atoms with Crippen molar-refractivity contribution in [2.24, 2.45) is 5.41 Å². The Morgan fingerprint density at radius 3 is 3.00 bits per heavy atom. The van der Waals surface area contributed by atoms with E-state index in [2.05, 4.69) is 21.2 Å². The molecule has 1 fully saturated rings. The second-order valence-electron chi connectivity index (χ2n) is 4.27. The van der Waals surface area contributed by atoms with Crippen LogP contribution in [0.3, 0.4) is 0 Å². The molecule has 1 aromatic heterocycles. The normalized spacial score (nSPS) is 26.5. The molecule has 4 heteroatoms. The van der Waals surface area contributed by atoms with Gasteiger partial charge in [-0.15, -0.1) is 0 Å². The quantitative estimate of drug-likeness (QED) is 0.841. The molecule has 1 aliphatic rings. The fraction of sp³-hybridized carbons (Fsp3) is 0.545. The van der Waals surface area contributed by atoms with E-state index in [-0.39, 0.29) is 11.2 Å². The van der Waals surface area contributed by atoms with E-state index in [0.717, 1.165) is 30.4 Å². The van der Waals surface area contributed by atoms with Crippen LogP contribution < -0.4 is 5.32 Å². The highest BCUT2D eigenvalue weighted by molar-refractivity contribution is 9.10. The first-order chi connectivity index (χ1) is 7.13. The molecule has 1 unspecified atom stereocenters. The standard InChI is InChI=1S/C11H14BrNO2/c1-11(4-2-5-13-7-11)10(14)9-8(12)3-6-15-9/h3,6,13H,2,4-5,7H2,1H3. The van der Waals surface area contributed by atoms with Gasteiger partial charge in [0, 0.05) is 12.0 Å². The minimum Gasteiger partial charge on any atom is -0.460 e. The lowest BCUT2D eigenvalue weighted by molar-refractivity contribution is 0.0741. The third-order valence-corrected chi connectivity index (χ3v) is 3.59. The zero-order valence-electron chi connectivity index (χ0n) is 8.68. The highest BCUT2D eigenvalue weighted by atomic mass is 79.9. The molecule has 0 aromatic carbocycles. The van der Waals surface area contributed by atoms with Crippen molar-refractivity contribution in [3.8, 4) is 0 Å². The van der Waals surface area contributed by atoms with Gasteiger partial charge in [-0.1, -0.05) is 6.92 Å². The summed E-state index contributed by atoms with van der Waals surface area (Å²) in [5, 5.41) is 3.26. The number of carbonyl (C=O) groups excluding carboxylic acids is 1. The van der Waals surface area contributed by atoms with Gasteiger partial charge in [0.2, 0.25) is 5.78 Å². The minimum atomic E-state index is -0.321. The van der Waals surface area contributed by atoms with E-state index in [0.29, 0.717) is 5.76 Å². The van der Waals surface area contributed by atoms with Gasteiger partial charge in [0.25, 0.3) is 0 Å². The summed E-state index contributed by atoms with van der Waals surface area (Å²) in [7, 11) is 0. The molecule has 1 saturated heterocycles. The van der Waals surface area contributed by atoms with Crippen molar-refractivity contribution in [3.63, 3.8) is 0 Å². The average molecular weight is 272 g/mol. The molecule has 0 bridgehead atoms. The maximum atomic E-state index is 12.2. The van der Waals surface area contributed by atoms with Crippen LogP contribution in [0.4, 0.5) is 0 Å². The summed E-state index contributed by atoms with van der Waals surface area (Å²) in [6, 6.07) is 1.76. The molecule has 1 N–H and O–H groups in total. The Morgan fingerprint density at radius 1 is 1.67 bits per heavy atom. The van der Waals surface area contributed by atoms with Crippen LogP contribution >= 0.6 is 15.9 Å². The second kappa shape index (κ2) is 4.10. The number of hydrogen-bond donors (Lipinski definition) is 1. The molecular weight excluding hydrogens is 258 g/mol. The Morgan fingerprint density at radius 2 is 2.47 bits per heavy atom. The average Bonchev–Trinajstić information content (AvgIpc) is 2.64. The largest absolute Gasteiger partial charge is 0.460 e. The van der Waals surface area contributed by atoms with Gasteiger partial charge in [-0.25, -0.2) is 0 Å². The topological polar surface area (TPSA) is 42.2 Å². The molecule has 82 valence electrons. The Kier molecular flexibility index (Phi) is 2.98. The van der Waals surface area contributed by atoms with Crippen molar-refractivity contribution in [1.29, 1.82) is 0 Å². The van der Waals surface area contributed by atoms with E-state index in [4.69, 9.17) is 4.42 Å². The van der Waals surface area contributed by atoms with Crippen LogP contribution in [-0.4, -0.2) is 18.9 Å². The van der Waals surface area contributed by atoms with Gasteiger partial charge in [0.15, 0.2) is 5.76 Å². The first kappa shape index (κ1) is 10.9. The number of Topliss-reactive ketones (excluding diaryl/α,β-unsaturated/α-hetero) is 1. The molecule has 0 aliphatic carbocycles. The third-order valence-electron chi connectivity index (χ3n) is 2.97. The summed E-state index contributed by atoms with van der Waals surface area (Å²) in [4.78, 5) is 12.2. The lowest BCUT2D eigenvalue weighted by atomic mass is 9.78. The zero-order valence-corrected chi connectivity index (χ0v) is 10.3. The number of rotatable bonds is 2. The van der Waals surface area contributed by atoms with E-state index in [1.165, 1.54) is 6.26 Å². The van der Waals surface area contributed by atoms with Crippen LogP contribution in [0.15, 0.2) is 21.2 Å². The highest BCUT2D eigenvalue weighted by Crippen LogP contribution is 2.32. The van der Waals surface area contributed by atoms with Gasteiger partial charge in [0.05, 0.1) is 10.7 Å². The molecule has 1 aliphatic heterocycles. The third kappa shape index (κ3) is 2.01. The Balaban J connectivity index is 2.23. The Labute approximate surface area is 97.4 Å². The SMILES string of the molecule is CC1(C(=O)c2occc2Br)CCCNC1. The molecule has 3 nitrogen and oxygen atoms in total. The molecule has 15 heavy (non-hydrogen) atoms. The summed E-state index contributed by atoms with van der Waals surface area (Å²) in [5.41, 5.74) is -0.321. The molecule has 1 atom stereocenters. The Hall–Kier alpha value is -0.610. The van der Waals surface area contributed by atoms with Gasteiger partial charge < -0.3 is 9.73 Å². The first-order valence-corrected chi connectivity index (χ1v) is 5.91. The lowest BCUT2D eigenvalue weighted by Crippen LogP contribution is -2.43. The van der Waals surface area contributed by atoms with Gasteiger partial charge in [0.1, 0.15) is 0 Å². The molecule has 0 radical (unpaired) electrons. The Bertz CT molecular complexity index is 366. The van der Waals surface area contributed by atoms with Crippen LogP contribution in [0.25, 0.3) is 0 Å². The zero-order chi connectivity index (χ0) is 10.9. The summed E-state index contributed by atoms with van der Waals surface area (Å²) in [6.07, 6.45) is 3.50. The van der Waals surface area contributed by atoms with Gasteiger partial charge in [-0.2, -0.15) is 0 Å². The van der Waals surface area contributed by atoms with Crippen LogP contribution in [0.1, 0.15) is 30.3 Å². The number of hydrogen-bond acceptors (Lipinski definition) is 3. The number of carbonyl (C=O) groups is 1. The molecule has 2 rings (SSSR count). The summed E-state index contributed by atoms with van der Waals surface area (Å²) in [6.45, 7) is 3.73. The van der Waals surface area contributed by atoms with Crippen LogP contribution in [0, 0.1) is 5.41 Å². The molecule has 0 amide bonds. The predicted octanol–water partition coefficient (Wildman–Crippen LogP) is 2.61. The fourth-order valence-electron chi connectivity index (χ4n) is 1.98. The number of piperidine rings is 1. The second-order valence-corrected chi connectivity index (χ2v) is 5.12. The van der Waals surface area contributed by atoms with Crippen LogP contribution in [0.2, 0.25) is 0 Å². The van der Waals surface area contributed by atoms with Crippen molar-refractivity contribution in [3.05, 3.63) is 22.6 Å². The number of ketones is 1. The first-order valence-electron chi connectivity index (χ1n) is 5.12. The number of furan rings is 1. The summed E-state index contributed by atoms with van der Waals surface area (Å²) in [5.74, 6) is 0.535. The lowest BCUT2D eigenvalue weighted by Gasteiger charge is -2.31. The van der Waals surface area contributed by atoms with Crippen molar-refractivity contribution >= 4 is 21.7 Å². The summed E-state index contributed by atoms with van der Waals surface area (Å²) < 4.78 is 5.97. The predicted molar refractivity (Wildman–Crippen MR) is 60.9 cm³/mol. The molecule has 1 aromatic rings. The minimum absolute atomic E-state index is 0.0894. The van der Waals surface area contributed by atoms with E-state index < -0.39 is 0 Å². The molecular formula is C11H14BrNO2.